The Labute approximate surface area is 112 Å². The molecule has 0 bridgehead atoms. The van der Waals surface area contributed by atoms with Crippen molar-refractivity contribution < 1.29 is 23.4 Å². The van der Waals surface area contributed by atoms with Crippen molar-refractivity contribution >= 4 is 21.9 Å². The summed E-state index contributed by atoms with van der Waals surface area (Å²) in [6, 6.07) is 2.99. The van der Waals surface area contributed by atoms with Crippen LogP contribution in [0.25, 0.3) is 0 Å². The third-order valence-corrected chi connectivity index (χ3v) is 3.26. The van der Waals surface area contributed by atoms with Gasteiger partial charge >= 0.3 is 5.97 Å². The number of hydrogen-bond acceptors (Lipinski definition) is 2. The van der Waals surface area contributed by atoms with Crippen molar-refractivity contribution in [2.75, 3.05) is 13.2 Å². The minimum Gasteiger partial charge on any atom is -0.480 e. The van der Waals surface area contributed by atoms with Gasteiger partial charge in [-0.05, 0) is 37.1 Å². The fourth-order valence-corrected chi connectivity index (χ4v) is 1.98. The number of alkyl halides is 2. The van der Waals surface area contributed by atoms with Gasteiger partial charge in [-0.25, -0.2) is 4.79 Å². The molecule has 1 aromatic rings. The maximum Gasteiger partial charge on any atom is 0.329 e. The molecule has 6 heteroatoms. The predicted octanol–water partition coefficient (Wildman–Crippen LogP) is 3.26. The molecule has 18 heavy (non-hydrogen) atoms. The second-order valence-electron chi connectivity index (χ2n) is 4.01. The second kappa shape index (κ2) is 5.75. The number of carboxylic acid groups (broad SMARTS) is 1. The van der Waals surface area contributed by atoms with Crippen molar-refractivity contribution in [2.45, 2.75) is 19.8 Å². The van der Waals surface area contributed by atoms with E-state index in [-0.39, 0.29) is 5.56 Å². The zero-order valence-corrected chi connectivity index (χ0v) is 11.6. The van der Waals surface area contributed by atoms with Gasteiger partial charge in [-0.1, -0.05) is 15.9 Å². The summed E-state index contributed by atoms with van der Waals surface area (Å²) in [5.74, 6) is -4.47. The number of rotatable bonds is 5. The van der Waals surface area contributed by atoms with Gasteiger partial charge in [0.1, 0.15) is 13.2 Å². The van der Waals surface area contributed by atoms with Crippen LogP contribution >= 0.6 is 15.9 Å². The molecule has 3 nitrogen and oxygen atoms in total. The van der Waals surface area contributed by atoms with Gasteiger partial charge in [-0.15, -0.1) is 0 Å². The molecule has 0 aliphatic carbocycles. The molecule has 0 saturated heterocycles. The van der Waals surface area contributed by atoms with Crippen LogP contribution in [0, 0.1) is 13.8 Å². The molecule has 0 aliphatic heterocycles. The Hall–Kier alpha value is -1.01. The minimum absolute atomic E-state index is 0.145. The molecule has 0 amide bonds. The number of aliphatic carboxylic acids is 1. The second-order valence-corrected chi connectivity index (χ2v) is 4.86. The number of aryl methyl sites for hydroxylation is 2. The average Bonchev–Trinajstić information content (AvgIpc) is 2.22. The van der Waals surface area contributed by atoms with Crippen LogP contribution in [0.15, 0.2) is 16.6 Å². The van der Waals surface area contributed by atoms with Gasteiger partial charge in [0, 0.05) is 10.0 Å². The van der Waals surface area contributed by atoms with Gasteiger partial charge in [-0.3, -0.25) is 0 Å². The summed E-state index contributed by atoms with van der Waals surface area (Å²) in [5, 5.41) is 8.34. The number of ether oxygens (including phenoxy) is 1. The molecule has 0 unspecified atom stereocenters. The zero-order chi connectivity index (χ0) is 13.9. The van der Waals surface area contributed by atoms with Crippen LogP contribution in [0.5, 0.6) is 0 Å². The van der Waals surface area contributed by atoms with Gasteiger partial charge in [0.05, 0.1) is 0 Å². The smallest absolute Gasteiger partial charge is 0.329 e. The minimum atomic E-state index is -3.20. The maximum atomic E-state index is 13.8. The average molecular weight is 323 g/mol. The van der Waals surface area contributed by atoms with Crippen LogP contribution in [-0.2, 0) is 15.5 Å². The molecule has 1 aromatic carbocycles. The first-order valence-electron chi connectivity index (χ1n) is 5.18. The fourth-order valence-electron chi connectivity index (χ4n) is 1.52. The SMILES string of the molecule is Cc1cc(C(F)(F)COCC(=O)O)c(C)cc1Br. The first kappa shape index (κ1) is 15.0. The Morgan fingerprint density at radius 1 is 1.39 bits per heavy atom. The molecule has 0 heterocycles. The lowest BCUT2D eigenvalue weighted by molar-refractivity contribution is -0.147. The highest BCUT2D eigenvalue weighted by Gasteiger charge is 2.34. The van der Waals surface area contributed by atoms with Crippen molar-refractivity contribution in [2.24, 2.45) is 0 Å². The van der Waals surface area contributed by atoms with Gasteiger partial charge < -0.3 is 9.84 Å². The van der Waals surface area contributed by atoms with Crippen molar-refractivity contribution in [3.8, 4) is 0 Å². The number of carboxylic acids is 1. The van der Waals surface area contributed by atoms with Crippen molar-refractivity contribution in [3.05, 3.63) is 33.3 Å². The number of benzene rings is 1. The lowest BCUT2D eigenvalue weighted by Gasteiger charge is -2.19. The van der Waals surface area contributed by atoms with E-state index in [0.717, 1.165) is 4.47 Å². The Kier molecular flexibility index (Phi) is 4.81. The zero-order valence-electron chi connectivity index (χ0n) is 9.97. The van der Waals surface area contributed by atoms with Crippen LogP contribution in [0.2, 0.25) is 0 Å². The third-order valence-electron chi connectivity index (χ3n) is 2.41. The maximum absolute atomic E-state index is 13.8. The third kappa shape index (κ3) is 3.74. The van der Waals surface area contributed by atoms with Gasteiger partial charge in [-0.2, -0.15) is 8.78 Å². The highest BCUT2D eigenvalue weighted by Crippen LogP contribution is 2.33. The Morgan fingerprint density at radius 2 is 2.00 bits per heavy atom. The molecule has 0 fully saturated rings. The lowest BCUT2D eigenvalue weighted by Crippen LogP contribution is -2.24. The summed E-state index contributed by atoms with van der Waals surface area (Å²) in [5.41, 5.74) is 0.971. The molecule has 0 atom stereocenters. The highest BCUT2D eigenvalue weighted by molar-refractivity contribution is 9.10. The lowest BCUT2D eigenvalue weighted by atomic mass is 10.0. The molecular weight excluding hydrogens is 310 g/mol. The molecule has 0 aliphatic rings. The van der Waals surface area contributed by atoms with Crippen molar-refractivity contribution in [1.82, 2.24) is 0 Å². The van der Waals surface area contributed by atoms with Crippen LogP contribution in [0.4, 0.5) is 8.78 Å². The normalized spacial score (nSPS) is 11.6. The first-order chi connectivity index (χ1) is 8.24. The van der Waals surface area contributed by atoms with Crippen LogP contribution < -0.4 is 0 Å². The number of carbonyl (C=O) groups is 1. The van der Waals surface area contributed by atoms with Crippen molar-refractivity contribution in [1.29, 1.82) is 0 Å². The van der Waals surface area contributed by atoms with E-state index in [4.69, 9.17) is 5.11 Å². The van der Waals surface area contributed by atoms with E-state index in [0.29, 0.717) is 11.1 Å². The van der Waals surface area contributed by atoms with E-state index in [1.54, 1.807) is 19.9 Å². The van der Waals surface area contributed by atoms with E-state index in [1.807, 2.05) is 0 Å². The van der Waals surface area contributed by atoms with Crippen LogP contribution in [0.3, 0.4) is 0 Å². The summed E-state index contributed by atoms with van der Waals surface area (Å²) in [6.07, 6.45) is 0. The molecule has 1 rings (SSSR count). The molecule has 1 N–H and O–H groups in total. The van der Waals surface area contributed by atoms with Crippen LogP contribution in [-0.4, -0.2) is 24.3 Å². The largest absolute Gasteiger partial charge is 0.480 e. The van der Waals surface area contributed by atoms with E-state index in [9.17, 15) is 13.6 Å². The number of halogens is 3. The highest BCUT2D eigenvalue weighted by atomic mass is 79.9. The topological polar surface area (TPSA) is 46.5 Å². The Bertz CT molecular complexity index is 461. The van der Waals surface area contributed by atoms with Gasteiger partial charge in [0.2, 0.25) is 0 Å². The van der Waals surface area contributed by atoms with E-state index in [1.165, 1.54) is 6.07 Å². The van der Waals surface area contributed by atoms with Gasteiger partial charge in [0.25, 0.3) is 5.92 Å². The summed E-state index contributed by atoms with van der Waals surface area (Å²) in [4.78, 5) is 10.2. The Balaban J connectivity index is 2.90. The molecule has 0 radical (unpaired) electrons. The summed E-state index contributed by atoms with van der Waals surface area (Å²) in [6.45, 7) is 1.61. The first-order valence-corrected chi connectivity index (χ1v) is 5.98. The fraction of sp³-hybridized carbons (Fsp3) is 0.417. The molecule has 0 spiro atoms. The quantitative estimate of drug-likeness (QED) is 0.905. The van der Waals surface area contributed by atoms with Crippen molar-refractivity contribution in [3.63, 3.8) is 0 Å². The molecular formula is C12H13BrF2O3. The summed E-state index contributed by atoms with van der Waals surface area (Å²) < 4.78 is 32.9. The monoisotopic (exact) mass is 322 g/mol. The van der Waals surface area contributed by atoms with Gasteiger partial charge in [0.15, 0.2) is 0 Å². The molecule has 0 saturated carbocycles. The predicted molar refractivity (Wildman–Crippen MR) is 66.0 cm³/mol. The molecule has 0 aromatic heterocycles. The molecule has 100 valence electrons. The summed E-state index contributed by atoms with van der Waals surface area (Å²) >= 11 is 3.26. The standard InChI is InChI=1S/C12H13BrF2O3/c1-7-4-10(13)8(2)3-9(7)12(14,15)6-18-5-11(16)17/h3-4H,5-6H2,1-2H3,(H,16,17). The Morgan fingerprint density at radius 3 is 2.56 bits per heavy atom. The number of hydrogen-bond donors (Lipinski definition) is 1. The van der Waals surface area contributed by atoms with E-state index >= 15 is 0 Å². The van der Waals surface area contributed by atoms with Crippen LogP contribution in [0.1, 0.15) is 16.7 Å². The summed E-state index contributed by atoms with van der Waals surface area (Å²) in [7, 11) is 0. The van der Waals surface area contributed by atoms with E-state index in [2.05, 4.69) is 20.7 Å². The van der Waals surface area contributed by atoms with E-state index < -0.39 is 25.1 Å².